The van der Waals surface area contributed by atoms with E-state index in [9.17, 15) is 0 Å². The van der Waals surface area contributed by atoms with E-state index in [1.807, 2.05) is 12.1 Å². The number of nitrogens with two attached hydrogens (primary N) is 1. The summed E-state index contributed by atoms with van der Waals surface area (Å²) in [6.45, 7) is 5.61. The van der Waals surface area contributed by atoms with E-state index in [2.05, 4.69) is 24.0 Å². The summed E-state index contributed by atoms with van der Waals surface area (Å²) in [6, 6.07) is 8.78. The first-order valence-electron chi connectivity index (χ1n) is 7.78. The summed E-state index contributed by atoms with van der Waals surface area (Å²) in [7, 11) is 1.71. The smallest absolute Gasteiger partial charge is 0.118 e. The number of benzene rings is 1. The van der Waals surface area contributed by atoms with E-state index in [1.54, 1.807) is 7.11 Å². The van der Waals surface area contributed by atoms with Gasteiger partial charge in [-0.25, -0.2) is 0 Å². The molecule has 0 aliphatic carbocycles. The first-order valence-corrected chi connectivity index (χ1v) is 7.78. The molecule has 2 rings (SSSR count). The molecule has 1 aromatic carbocycles. The summed E-state index contributed by atoms with van der Waals surface area (Å²) < 4.78 is 5.20. The van der Waals surface area contributed by atoms with E-state index in [0.29, 0.717) is 6.04 Å². The van der Waals surface area contributed by atoms with Gasteiger partial charge in [0.2, 0.25) is 0 Å². The average molecular weight is 276 g/mol. The normalized spacial score (nSPS) is 18.9. The molecule has 0 amide bonds. The molecule has 0 radical (unpaired) electrons. The van der Waals surface area contributed by atoms with Gasteiger partial charge in [0, 0.05) is 12.6 Å². The van der Waals surface area contributed by atoms with Crippen LogP contribution in [0.4, 0.5) is 0 Å². The minimum absolute atomic E-state index is 0.354. The van der Waals surface area contributed by atoms with Crippen molar-refractivity contribution in [2.75, 3.05) is 20.2 Å². The molecular formula is C17H28N2O. The van der Waals surface area contributed by atoms with E-state index in [1.165, 1.54) is 44.3 Å². The van der Waals surface area contributed by atoms with Crippen LogP contribution < -0.4 is 10.5 Å². The third kappa shape index (κ3) is 4.80. The molecule has 112 valence electrons. The molecule has 1 atom stereocenters. The molecule has 20 heavy (non-hydrogen) atoms. The van der Waals surface area contributed by atoms with Crippen molar-refractivity contribution in [2.24, 2.45) is 11.7 Å². The fourth-order valence-corrected chi connectivity index (χ4v) is 2.92. The van der Waals surface area contributed by atoms with Crippen LogP contribution in [0.15, 0.2) is 24.3 Å². The van der Waals surface area contributed by atoms with Gasteiger partial charge in [-0.2, -0.15) is 0 Å². The summed E-state index contributed by atoms with van der Waals surface area (Å²) in [5, 5.41) is 0. The molecule has 1 saturated heterocycles. The first-order chi connectivity index (χ1) is 9.67. The lowest BCUT2D eigenvalue weighted by molar-refractivity contribution is 0.170. The Morgan fingerprint density at radius 2 is 1.90 bits per heavy atom. The van der Waals surface area contributed by atoms with Gasteiger partial charge < -0.3 is 10.5 Å². The topological polar surface area (TPSA) is 38.5 Å². The fraction of sp³-hybridized carbons (Fsp3) is 0.647. The van der Waals surface area contributed by atoms with Gasteiger partial charge >= 0.3 is 0 Å². The molecule has 1 aromatic rings. The highest BCUT2D eigenvalue weighted by Crippen LogP contribution is 2.23. The van der Waals surface area contributed by atoms with Crippen LogP contribution in [0.3, 0.4) is 0 Å². The highest BCUT2D eigenvalue weighted by Gasteiger charge is 2.19. The molecular weight excluding hydrogens is 248 g/mol. The SMILES string of the molecule is COc1ccc(CN2CCC(CCC(C)N)CC2)cc1. The van der Waals surface area contributed by atoms with Crippen molar-refractivity contribution in [1.82, 2.24) is 4.90 Å². The maximum absolute atomic E-state index is 5.84. The van der Waals surface area contributed by atoms with Crippen LogP contribution in [0.5, 0.6) is 5.75 Å². The van der Waals surface area contributed by atoms with Crippen LogP contribution in [0, 0.1) is 5.92 Å². The lowest BCUT2D eigenvalue weighted by Gasteiger charge is -2.32. The van der Waals surface area contributed by atoms with E-state index in [4.69, 9.17) is 10.5 Å². The molecule has 1 aliphatic rings. The Balaban J connectivity index is 1.73. The van der Waals surface area contributed by atoms with Gasteiger partial charge in [-0.05, 0) is 69.3 Å². The zero-order chi connectivity index (χ0) is 14.4. The Bertz CT molecular complexity index is 380. The van der Waals surface area contributed by atoms with Crippen LogP contribution in [-0.4, -0.2) is 31.1 Å². The third-order valence-electron chi connectivity index (χ3n) is 4.30. The van der Waals surface area contributed by atoms with Crippen molar-refractivity contribution in [2.45, 2.75) is 45.2 Å². The summed E-state index contributed by atoms with van der Waals surface area (Å²) in [4.78, 5) is 2.56. The quantitative estimate of drug-likeness (QED) is 0.868. The van der Waals surface area contributed by atoms with Crippen molar-refractivity contribution >= 4 is 0 Å². The molecule has 0 saturated carbocycles. The molecule has 1 fully saturated rings. The minimum Gasteiger partial charge on any atom is -0.497 e. The van der Waals surface area contributed by atoms with Crippen LogP contribution in [0.2, 0.25) is 0 Å². The standard InChI is InChI=1S/C17H28N2O/c1-14(18)3-4-15-9-11-19(12-10-15)13-16-5-7-17(20-2)8-6-16/h5-8,14-15H,3-4,9-13,18H2,1-2H3. The van der Waals surface area contributed by atoms with Gasteiger partial charge in [0.1, 0.15) is 5.75 Å². The van der Waals surface area contributed by atoms with Gasteiger partial charge in [-0.1, -0.05) is 12.1 Å². The molecule has 3 nitrogen and oxygen atoms in total. The maximum Gasteiger partial charge on any atom is 0.118 e. The van der Waals surface area contributed by atoms with Crippen molar-refractivity contribution in [3.05, 3.63) is 29.8 Å². The highest BCUT2D eigenvalue weighted by atomic mass is 16.5. The second-order valence-electron chi connectivity index (χ2n) is 6.12. The average Bonchev–Trinajstić information content (AvgIpc) is 2.47. The third-order valence-corrected chi connectivity index (χ3v) is 4.30. The Morgan fingerprint density at radius 3 is 2.45 bits per heavy atom. The number of hydrogen-bond acceptors (Lipinski definition) is 3. The van der Waals surface area contributed by atoms with Crippen molar-refractivity contribution in [3.8, 4) is 5.75 Å². The fourth-order valence-electron chi connectivity index (χ4n) is 2.92. The van der Waals surface area contributed by atoms with Gasteiger partial charge in [0.25, 0.3) is 0 Å². The lowest BCUT2D eigenvalue weighted by atomic mass is 9.91. The van der Waals surface area contributed by atoms with E-state index in [-0.39, 0.29) is 0 Å². The maximum atomic E-state index is 5.84. The van der Waals surface area contributed by atoms with Crippen LogP contribution in [0.1, 0.15) is 38.2 Å². The summed E-state index contributed by atoms with van der Waals surface area (Å²) in [5.41, 5.74) is 7.22. The minimum atomic E-state index is 0.354. The molecule has 1 aliphatic heterocycles. The molecule has 1 heterocycles. The Kier molecular flexibility index (Phi) is 5.86. The predicted molar refractivity (Wildman–Crippen MR) is 83.9 cm³/mol. The molecule has 3 heteroatoms. The van der Waals surface area contributed by atoms with Crippen molar-refractivity contribution in [1.29, 1.82) is 0 Å². The van der Waals surface area contributed by atoms with Gasteiger partial charge in [-0.3, -0.25) is 4.90 Å². The van der Waals surface area contributed by atoms with E-state index in [0.717, 1.165) is 18.2 Å². The largest absolute Gasteiger partial charge is 0.497 e. The second kappa shape index (κ2) is 7.65. The number of piperidine rings is 1. The van der Waals surface area contributed by atoms with Crippen LogP contribution >= 0.6 is 0 Å². The van der Waals surface area contributed by atoms with Crippen molar-refractivity contribution in [3.63, 3.8) is 0 Å². The zero-order valence-corrected chi connectivity index (χ0v) is 12.8. The van der Waals surface area contributed by atoms with Crippen LogP contribution in [0.25, 0.3) is 0 Å². The van der Waals surface area contributed by atoms with Crippen molar-refractivity contribution < 1.29 is 4.74 Å². The monoisotopic (exact) mass is 276 g/mol. The number of rotatable bonds is 6. The Hall–Kier alpha value is -1.06. The lowest BCUT2D eigenvalue weighted by Crippen LogP contribution is -2.33. The summed E-state index contributed by atoms with van der Waals surface area (Å²) in [6.07, 6.45) is 5.11. The summed E-state index contributed by atoms with van der Waals surface area (Å²) >= 11 is 0. The van der Waals surface area contributed by atoms with Gasteiger partial charge in [-0.15, -0.1) is 0 Å². The number of hydrogen-bond donors (Lipinski definition) is 1. The zero-order valence-electron chi connectivity index (χ0n) is 12.8. The Labute approximate surface area is 123 Å². The van der Waals surface area contributed by atoms with E-state index < -0.39 is 0 Å². The molecule has 1 unspecified atom stereocenters. The first kappa shape index (κ1) is 15.3. The molecule has 0 spiro atoms. The molecule has 2 N–H and O–H groups in total. The highest BCUT2D eigenvalue weighted by molar-refractivity contribution is 5.27. The number of methoxy groups -OCH3 is 1. The molecule has 0 aromatic heterocycles. The van der Waals surface area contributed by atoms with Gasteiger partial charge in [0.05, 0.1) is 7.11 Å². The number of likely N-dealkylation sites (tertiary alicyclic amines) is 1. The van der Waals surface area contributed by atoms with Crippen LogP contribution in [-0.2, 0) is 6.54 Å². The van der Waals surface area contributed by atoms with Gasteiger partial charge in [0.15, 0.2) is 0 Å². The Morgan fingerprint density at radius 1 is 1.25 bits per heavy atom. The molecule has 0 bridgehead atoms. The number of ether oxygens (including phenoxy) is 1. The summed E-state index contributed by atoms with van der Waals surface area (Å²) in [5.74, 6) is 1.82. The number of nitrogens with zero attached hydrogens (tertiary/aromatic N) is 1. The predicted octanol–water partition coefficient (Wildman–Crippen LogP) is 3.03. The second-order valence-corrected chi connectivity index (χ2v) is 6.12. The van der Waals surface area contributed by atoms with E-state index >= 15 is 0 Å².